The number of carbonyl (C=O) groups is 1. The third-order valence-electron chi connectivity index (χ3n) is 4.00. The normalized spacial score (nSPS) is 11.2. The van der Waals surface area contributed by atoms with E-state index in [9.17, 15) is 20.1 Å². The maximum atomic E-state index is 12.3. The average Bonchev–Trinajstić information content (AvgIpc) is 2.64. The van der Waals surface area contributed by atoms with Crippen LogP contribution in [-0.2, 0) is 6.61 Å². The molecule has 0 unspecified atom stereocenters. The second-order valence-electron chi connectivity index (χ2n) is 5.70. The Morgan fingerprint density at radius 2 is 1.92 bits per heavy atom. The van der Waals surface area contributed by atoms with Crippen LogP contribution in [0.4, 0.5) is 0 Å². The fourth-order valence-corrected chi connectivity index (χ4v) is 2.55. The molecule has 0 aliphatic heterocycles. The summed E-state index contributed by atoms with van der Waals surface area (Å²) in [6.45, 7) is 1.28. The van der Waals surface area contributed by atoms with Gasteiger partial charge in [-0.3, -0.25) is 9.78 Å². The lowest BCUT2D eigenvalue weighted by Gasteiger charge is -2.08. The van der Waals surface area contributed by atoms with Crippen molar-refractivity contribution >= 4 is 22.9 Å². The van der Waals surface area contributed by atoms with Gasteiger partial charge in [-0.1, -0.05) is 24.3 Å². The lowest BCUT2D eigenvalue weighted by atomic mass is 10.1. The number of rotatable bonds is 4. The van der Waals surface area contributed by atoms with E-state index >= 15 is 0 Å². The first-order valence-corrected chi connectivity index (χ1v) is 7.84. The number of fused-ring (bicyclic) bond motifs is 1. The molecule has 0 radical (unpaired) electrons. The molecule has 1 aromatic heterocycles. The van der Waals surface area contributed by atoms with Crippen molar-refractivity contribution in [3.05, 3.63) is 65.0 Å². The number of hydrazone groups is 1. The van der Waals surface area contributed by atoms with E-state index in [0.717, 1.165) is 10.8 Å². The number of aromatic hydroxyl groups is 2. The number of aryl methyl sites for hydroxylation is 1. The molecule has 3 aromatic rings. The Morgan fingerprint density at radius 3 is 2.62 bits per heavy atom. The molecule has 0 atom stereocenters. The fourth-order valence-electron chi connectivity index (χ4n) is 2.55. The van der Waals surface area contributed by atoms with Gasteiger partial charge in [-0.15, -0.1) is 0 Å². The quantitative estimate of drug-likeness (QED) is 0.425. The molecule has 0 spiro atoms. The molecule has 0 fully saturated rings. The second-order valence-corrected chi connectivity index (χ2v) is 5.70. The molecule has 4 N–H and O–H groups in total. The van der Waals surface area contributed by atoms with Crippen LogP contribution in [0, 0.1) is 6.92 Å². The molecule has 7 heteroatoms. The summed E-state index contributed by atoms with van der Waals surface area (Å²) < 4.78 is 0. The number of carbonyl (C=O) groups excluding carboxylic acids is 1. The molecule has 0 aliphatic carbocycles. The number of aromatic nitrogens is 1. The van der Waals surface area contributed by atoms with Crippen molar-refractivity contribution in [1.82, 2.24) is 10.4 Å². The Morgan fingerprint density at radius 1 is 1.23 bits per heavy atom. The number of amides is 1. The molecular formula is C19H17N3O4. The largest absolute Gasteiger partial charge is 0.507 e. The zero-order valence-corrected chi connectivity index (χ0v) is 14.0. The minimum Gasteiger partial charge on any atom is -0.507 e. The van der Waals surface area contributed by atoms with E-state index in [4.69, 9.17) is 0 Å². The van der Waals surface area contributed by atoms with E-state index in [1.165, 1.54) is 18.5 Å². The average molecular weight is 351 g/mol. The number of pyridine rings is 1. The van der Waals surface area contributed by atoms with E-state index < -0.39 is 5.91 Å². The minimum absolute atomic E-state index is 0.0818. The van der Waals surface area contributed by atoms with Crippen LogP contribution in [0.3, 0.4) is 0 Å². The molecule has 0 saturated carbocycles. The van der Waals surface area contributed by atoms with Crippen LogP contribution >= 0.6 is 0 Å². The highest BCUT2D eigenvalue weighted by Crippen LogP contribution is 2.25. The molecule has 0 bridgehead atoms. The van der Waals surface area contributed by atoms with Crippen molar-refractivity contribution in [3.8, 4) is 11.5 Å². The first-order valence-electron chi connectivity index (χ1n) is 7.84. The topological polar surface area (TPSA) is 115 Å². The molecule has 2 aromatic carbocycles. The van der Waals surface area contributed by atoms with E-state index in [0.29, 0.717) is 11.3 Å². The third kappa shape index (κ3) is 3.33. The SMILES string of the molecule is Cc1ncc(CO)c(C=NNC(=O)c2cc3ccccc3cc2O)c1O. The molecule has 3 rings (SSSR count). The van der Waals surface area contributed by atoms with Gasteiger partial charge in [-0.25, -0.2) is 5.43 Å². The second kappa shape index (κ2) is 7.20. The number of nitrogens with zero attached hydrogens (tertiary/aromatic N) is 2. The maximum absolute atomic E-state index is 12.3. The maximum Gasteiger partial charge on any atom is 0.275 e. The van der Waals surface area contributed by atoms with Crippen LogP contribution in [-0.4, -0.2) is 32.4 Å². The Labute approximate surface area is 149 Å². The van der Waals surface area contributed by atoms with Gasteiger partial charge in [0.05, 0.1) is 24.1 Å². The van der Waals surface area contributed by atoms with Crippen LogP contribution in [0.2, 0.25) is 0 Å². The Balaban J connectivity index is 1.85. The van der Waals surface area contributed by atoms with E-state index in [1.807, 2.05) is 24.3 Å². The minimum atomic E-state index is -0.597. The summed E-state index contributed by atoms with van der Waals surface area (Å²) in [6, 6.07) is 10.4. The number of hydrogen-bond acceptors (Lipinski definition) is 6. The van der Waals surface area contributed by atoms with Gasteiger partial charge >= 0.3 is 0 Å². The van der Waals surface area contributed by atoms with Crippen LogP contribution in [0.5, 0.6) is 11.5 Å². The van der Waals surface area contributed by atoms with Crippen LogP contribution in [0.25, 0.3) is 10.8 Å². The standard InChI is InChI=1S/C19H17N3O4/c1-11-18(25)16(14(10-23)8-20-11)9-21-22-19(26)15-6-12-4-2-3-5-13(12)7-17(15)24/h2-9,23-25H,10H2,1H3,(H,22,26). The number of phenols is 1. The van der Waals surface area contributed by atoms with Gasteiger partial charge in [0.1, 0.15) is 11.5 Å². The van der Waals surface area contributed by atoms with Gasteiger partial charge in [0.2, 0.25) is 0 Å². The van der Waals surface area contributed by atoms with Gasteiger partial charge in [-0.2, -0.15) is 5.10 Å². The van der Waals surface area contributed by atoms with Crippen molar-refractivity contribution < 1.29 is 20.1 Å². The summed E-state index contributed by atoms with van der Waals surface area (Å²) in [5.41, 5.74) is 3.41. The molecule has 7 nitrogen and oxygen atoms in total. The smallest absolute Gasteiger partial charge is 0.275 e. The van der Waals surface area contributed by atoms with Crippen molar-refractivity contribution in [1.29, 1.82) is 0 Å². The highest BCUT2D eigenvalue weighted by molar-refractivity contribution is 6.01. The molecule has 1 amide bonds. The Kier molecular flexibility index (Phi) is 4.81. The van der Waals surface area contributed by atoms with E-state index in [1.54, 1.807) is 13.0 Å². The van der Waals surface area contributed by atoms with Crippen LogP contribution in [0.1, 0.15) is 27.2 Å². The van der Waals surface area contributed by atoms with Crippen molar-refractivity contribution in [2.45, 2.75) is 13.5 Å². The first kappa shape index (κ1) is 17.4. The highest BCUT2D eigenvalue weighted by atomic mass is 16.3. The Bertz CT molecular complexity index is 1020. The van der Waals surface area contributed by atoms with Crippen molar-refractivity contribution in [2.24, 2.45) is 5.10 Å². The predicted octanol–water partition coefficient (Wildman–Crippen LogP) is 2.21. The van der Waals surface area contributed by atoms with Gasteiger partial charge in [0.15, 0.2) is 0 Å². The fraction of sp³-hybridized carbons (Fsp3) is 0.105. The molecule has 0 aliphatic rings. The Hall–Kier alpha value is -3.45. The number of aliphatic hydroxyl groups excluding tert-OH is 1. The number of benzene rings is 2. The molecule has 132 valence electrons. The summed E-state index contributed by atoms with van der Waals surface area (Å²) in [4.78, 5) is 16.2. The van der Waals surface area contributed by atoms with Crippen molar-refractivity contribution in [2.75, 3.05) is 0 Å². The predicted molar refractivity (Wildman–Crippen MR) is 97.2 cm³/mol. The summed E-state index contributed by atoms with van der Waals surface area (Å²) in [5, 5.41) is 34.9. The van der Waals surface area contributed by atoms with Gasteiger partial charge in [-0.05, 0) is 29.8 Å². The monoisotopic (exact) mass is 351 g/mol. The van der Waals surface area contributed by atoms with Gasteiger partial charge in [0.25, 0.3) is 5.91 Å². The first-order chi connectivity index (χ1) is 12.5. The summed E-state index contributed by atoms with van der Waals surface area (Å²) in [7, 11) is 0. The molecule has 26 heavy (non-hydrogen) atoms. The summed E-state index contributed by atoms with van der Waals surface area (Å²) >= 11 is 0. The van der Waals surface area contributed by atoms with E-state index in [2.05, 4.69) is 15.5 Å². The number of nitrogens with one attached hydrogen (secondary N) is 1. The summed E-state index contributed by atoms with van der Waals surface area (Å²) in [6.07, 6.45) is 2.65. The lowest BCUT2D eigenvalue weighted by Crippen LogP contribution is -2.18. The zero-order valence-electron chi connectivity index (χ0n) is 14.0. The number of phenolic OH excluding ortho intramolecular Hbond substituents is 1. The molecular weight excluding hydrogens is 334 g/mol. The van der Waals surface area contributed by atoms with Gasteiger partial charge in [0, 0.05) is 17.3 Å². The summed E-state index contributed by atoms with van der Waals surface area (Å²) in [5.74, 6) is -0.876. The molecule has 1 heterocycles. The molecule has 0 saturated heterocycles. The highest BCUT2D eigenvalue weighted by Gasteiger charge is 2.13. The van der Waals surface area contributed by atoms with Crippen LogP contribution in [0.15, 0.2) is 47.7 Å². The van der Waals surface area contributed by atoms with Crippen molar-refractivity contribution in [3.63, 3.8) is 0 Å². The number of aliphatic hydroxyl groups is 1. The third-order valence-corrected chi connectivity index (χ3v) is 4.00. The lowest BCUT2D eigenvalue weighted by molar-refractivity contribution is 0.0952. The zero-order chi connectivity index (χ0) is 18.7. The van der Waals surface area contributed by atoms with Crippen LogP contribution < -0.4 is 5.43 Å². The van der Waals surface area contributed by atoms with E-state index in [-0.39, 0.29) is 29.2 Å². The van der Waals surface area contributed by atoms with Gasteiger partial charge < -0.3 is 15.3 Å². The number of hydrogen-bond donors (Lipinski definition) is 4.